The first-order valence-corrected chi connectivity index (χ1v) is 19.5. The average molecular weight is 703 g/mol. The molecule has 0 unspecified atom stereocenters. The number of nitrogens with zero attached hydrogens (tertiary/aromatic N) is 2. The summed E-state index contributed by atoms with van der Waals surface area (Å²) in [6.07, 6.45) is 10.8. The highest BCUT2D eigenvalue weighted by Gasteiger charge is 2.26. The maximum absolute atomic E-state index is 12.9. The number of para-hydroxylation sites is 2. The summed E-state index contributed by atoms with van der Waals surface area (Å²) in [5.41, 5.74) is 7.35. The Hall–Kier alpha value is -4.58. The summed E-state index contributed by atoms with van der Waals surface area (Å²) in [4.78, 5) is 25.8. The summed E-state index contributed by atoms with van der Waals surface area (Å²) in [6.45, 7) is 12.0. The molecule has 6 nitrogen and oxygen atoms in total. The number of hydrogen-bond donors (Lipinski definition) is 2. The van der Waals surface area contributed by atoms with Crippen molar-refractivity contribution in [1.29, 1.82) is 0 Å². The number of phenolic OH excluding ortho intramolecular Hbond substituents is 2. The third-order valence-corrected chi connectivity index (χ3v) is 10.7. The number of carbonyl (C=O) groups is 2. The topological polar surface area (TPSA) is 84.5 Å². The molecular weight excluding hydrogens is 645 g/mol. The summed E-state index contributed by atoms with van der Waals surface area (Å²) in [5, 5.41) is 26.0. The third-order valence-electron chi connectivity index (χ3n) is 10.7. The Morgan fingerprint density at radius 3 is 1.27 bits per heavy atom. The van der Waals surface area contributed by atoms with E-state index in [9.17, 15) is 19.8 Å². The van der Waals surface area contributed by atoms with Gasteiger partial charge >= 0.3 is 0 Å². The highest BCUT2D eigenvalue weighted by molar-refractivity contribution is 6.16. The smallest absolute Gasteiger partial charge is 0.169 e. The van der Waals surface area contributed by atoms with Crippen LogP contribution in [0, 0.1) is 11.8 Å². The van der Waals surface area contributed by atoms with Crippen molar-refractivity contribution in [2.24, 2.45) is 25.9 Å². The van der Waals surface area contributed by atoms with E-state index >= 15 is 0 Å². The number of unbranched alkanes of at least 4 members (excludes halogenated alkanes) is 6. The number of hydrogen-bond acceptors (Lipinski definition) is 4. The third kappa shape index (κ3) is 7.49. The van der Waals surface area contributed by atoms with E-state index in [0.717, 1.165) is 93.3 Å². The van der Waals surface area contributed by atoms with Crippen molar-refractivity contribution in [3.63, 3.8) is 0 Å². The molecule has 2 aromatic heterocycles. The van der Waals surface area contributed by atoms with Gasteiger partial charge in [0.15, 0.2) is 11.6 Å². The van der Waals surface area contributed by atoms with E-state index in [1.165, 1.54) is 25.7 Å². The fourth-order valence-corrected chi connectivity index (χ4v) is 7.85. The predicted molar refractivity (Wildman–Crippen MR) is 218 cm³/mol. The molecule has 0 amide bonds. The first-order valence-electron chi connectivity index (χ1n) is 19.5. The van der Waals surface area contributed by atoms with Crippen LogP contribution in [0.1, 0.15) is 125 Å². The molecule has 0 aliphatic heterocycles. The lowest BCUT2D eigenvalue weighted by Gasteiger charge is -2.15. The van der Waals surface area contributed by atoms with Crippen LogP contribution in [-0.2, 0) is 26.9 Å². The monoisotopic (exact) mass is 702 g/mol. The van der Waals surface area contributed by atoms with Gasteiger partial charge in [0.1, 0.15) is 11.5 Å². The maximum Gasteiger partial charge on any atom is 0.169 e. The SMILES string of the molecule is CCCCCCc1c(C(=O)C(C)C)c(O)cc2c1c1ccccc1n2C.CCCCCCc1c(C(=O)C(C)C)c(O)cc2c1c1ccccc1n2C. The number of benzene rings is 4. The molecule has 0 aliphatic rings. The van der Waals surface area contributed by atoms with Crippen LogP contribution in [0.5, 0.6) is 11.5 Å². The summed E-state index contributed by atoms with van der Waals surface area (Å²) in [6, 6.07) is 20.1. The zero-order chi connectivity index (χ0) is 37.7. The molecule has 0 fully saturated rings. The summed E-state index contributed by atoms with van der Waals surface area (Å²) >= 11 is 0. The molecule has 0 saturated heterocycles. The molecule has 0 aliphatic carbocycles. The fraction of sp³-hybridized carbons (Fsp3) is 0.435. The van der Waals surface area contributed by atoms with E-state index in [2.05, 4.69) is 47.2 Å². The van der Waals surface area contributed by atoms with Gasteiger partial charge in [-0.1, -0.05) is 116 Å². The van der Waals surface area contributed by atoms with E-state index < -0.39 is 0 Å². The molecule has 0 spiro atoms. The number of aryl methyl sites for hydroxylation is 4. The molecule has 2 N–H and O–H groups in total. The second-order valence-electron chi connectivity index (χ2n) is 15.1. The van der Waals surface area contributed by atoms with Crippen LogP contribution in [0.4, 0.5) is 0 Å². The van der Waals surface area contributed by atoms with Gasteiger partial charge in [-0.15, -0.1) is 0 Å². The quantitative estimate of drug-likeness (QED) is 0.0874. The Bertz CT molecular complexity index is 2060. The molecule has 2 heterocycles. The van der Waals surface area contributed by atoms with Crippen molar-refractivity contribution >= 4 is 55.2 Å². The zero-order valence-corrected chi connectivity index (χ0v) is 32.6. The van der Waals surface area contributed by atoms with Crippen LogP contribution in [0.2, 0.25) is 0 Å². The lowest BCUT2D eigenvalue weighted by molar-refractivity contribution is 0.0928. The number of aromatic hydroxyl groups is 2. The van der Waals surface area contributed by atoms with Crippen LogP contribution in [-0.4, -0.2) is 30.9 Å². The minimum atomic E-state index is -0.136. The minimum Gasteiger partial charge on any atom is -0.507 e. The van der Waals surface area contributed by atoms with Gasteiger partial charge in [-0.3, -0.25) is 9.59 Å². The van der Waals surface area contributed by atoms with Crippen LogP contribution < -0.4 is 0 Å². The maximum atomic E-state index is 12.9. The zero-order valence-electron chi connectivity index (χ0n) is 32.6. The number of carbonyl (C=O) groups excluding carboxylic acids is 2. The van der Waals surface area contributed by atoms with Crippen molar-refractivity contribution in [2.45, 2.75) is 106 Å². The molecule has 276 valence electrons. The van der Waals surface area contributed by atoms with Crippen LogP contribution in [0.3, 0.4) is 0 Å². The van der Waals surface area contributed by atoms with Crippen LogP contribution in [0.25, 0.3) is 43.6 Å². The molecule has 6 rings (SSSR count). The van der Waals surface area contributed by atoms with Gasteiger partial charge in [-0.25, -0.2) is 0 Å². The first-order chi connectivity index (χ1) is 24.9. The normalized spacial score (nSPS) is 11.7. The van der Waals surface area contributed by atoms with Gasteiger partial charge < -0.3 is 19.3 Å². The number of fused-ring (bicyclic) bond motifs is 6. The highest BCUT2D eigenvalue weighted by atomic mass is 16.3. The van der Waals surface area contributed by atoms with Crippen molar-refractivity contribution in [2.75, 3.05) is 0 Å². The van der Waals surface area contributed by atoms with Crippen molar-refractivity contribution in [3.05, 3.63) is 82.9 Å². The Kier molecular flexibility index (Phi) is 12.5. The summed E-state index contributed by atoms with van der Waals surface area (Å²) < 4.78 is 4.23. The summed E-state index contributed by atoms with van der Waals surface area (Å²) in [7, 11) is 4.05. The van der Waals surface area contributed by atoms with E-state index in [1.807, 2.05) is 66.1 Å². The van der Waals surface area contributed by atoms with E-state index in [1.54, 1.807) is 12.1 Å². The number of ketones is 2. The van der Waals surface area contributed by atoms with Gasteiger partial charge in [0.2, 0.25) is 0 Å². The molecule has 52 heavy (non-hydrogen) atoms. The highest BCUT2D eigenvalue weighted by Crippen LogP contribution is 2.40. The largest absolute Gasteiger partial charge is 0.507 e. The van der Waals surface area contributed by atoms with E-state index in [-0.39, 0.29) is 34.9 Å². The van der Waals surface area contributed by atoms with Crippen molar-refractivity contribution in [3.8, 4) is 11.5 Å². The van der Waals surface area contributed by atoms with E-state index in [4.69, 9.17) is 0 Å². The molecule has 0 radical (unpaired) electrons. The van der Waals surface area contributed by atoms with Gasteiger partial charge in [0, 0.05) is 70.6 Å². The van der Waals surface area contributed by atoms with Gasteiger partial charge in [-0.2, -0.15) is 0 Å². The molecule has 0 bridgehead atoms. The predicted octanol–water partition coefficient (Wildman–Crippen LogP) is 12.0. The van der Waals surface area contributed by atoms with Gasteiger partial charge in [0.05, 0.1) is 22.2 Å². The van der Waals surface area contributed by atoms with Crippen molar-refractivity contribution in [1.82, 2.24) is 9.13 Å². The van der Waals surface area contributed by atoms with Crippen LogP contribution >= 0.6 is 0 Å². The Morgan fingerprint density at radius 1 is 0.558 bits per heavy atom. The first kappa shape index (κ1) is 38.6. The molecular formula is C46H58N2O4. The van der Waals surface area contributed by atoms with Gasteiger partial charge in [0.25, 0.3) is 0 Å². The molecule has 0 atom stereocenters. The summed E-state index contributed by atoms with van der Waals surface area (Å²) in [5.74, 6) is 0.0243. The molecule has 0 saturated carbocycles. The standard InChI is InChI=1S/2C23H29NO2/c2*1-5-6-7-8-12-17-21-16-11-9-10-13-18(16)24(4)19(21)14-20(25)22(17)23(26)15(2)3/h2*9-11,13-15,25H,5-8,12H2,1-4H3. The fourth-order valence-electron chi connectivity index (χ4n) is 7.85. The molecule has 4 aromatic carbocycles. The molecule has 6 heteroatoms. The van der Waals surface area contributed by atoms with Gasteiger partial charge in [-0.05, 0) is 48.9 Å². The average Bonchev–Trinajstić information content (AvgIpc) is 3.57. The van der Waals surface area contributed by atoms with E-state index in [0.29, 0.717) is 11.1 Å². The Balaban J connectivity index is 0.000000201. The number of rotatable bonds is 14. The Labute approximate surface area is 309 Å². The Morgan fingerprint density at radius 2 is 0.923 bits per heavy atom. The van der Waals surface area contributed by atoms with Crippen LogP contribution in [0.15, 0.2) is 60.7 Å². The number of aromatic nitrogens is 2. The van der Waals surface area contributed by atoms with Crippen molar-refractivity contribution < 1.29 is 19.8 Å². The molecule has 6 aromatic rings. The lowest BCUT2D eigenvalue weighted by atomic mass is 9.89. The second kappa shape index (κ2) is 16.8. The number of Topliss-reactive ketones (excluding diaryl/α,β-unsaturated/α-hetero) is 2. The second-order valence-corrected chi connectivity index (χ2v) is 15.1. The lowest BCUT2D eigenvalue weighted by Crippen LogP contribution is -2.11. The number of phenols is 2. The minimum absolute atomic E-state index is 0.0304.